The maximum Gasteiger partial charge on any atom is 0.158 e. The monoisotopic (exact) mass is 297 g/mol. The van der Waals surface area contributed by atoms with Gasteiger partial charge in [-0.15, -0.1) is 0 Å². The molecule has 0 saturated carbocycles. The van der Waals surface area contributed by atoms with E-state index in [2.05, 4.69) is 41.5 Å². The maximum absolute atomic E-state index is 6.15. The van der Waals surface area contributed by atoms with E-state index in [1.807, 2.05) is 23.7 Å². The summed E-state index contributed by atoms with van der Waals surface area (Å²) >= 11 is 7.96. The molecular formula is C14H20ClN3S. The van der Waals surface area contributed by atoms with Gasteiger partial charge in [0.05, 0.1) is 5.52 Å². The summed E-state index contributed by atoms with van der Waals surface area (Å²) in [4.78, 5) is 1.23. The van der Waals surface area contributed by atoms with E-state index >= 15 is 0 Å². The predicted molar refractivity (Wildman–Crippen MR) is 83.7 cm³/mol. The highest BCUT2D eigenvalue weighted by Crippen LogP contribution is 2.29. The Hall–Kier alpha value is -0.710. The van der Waals surface area contributed by atoms with Gasteiger partial charge < -0.3 is 0 Å². The molecule has 0 saturated heterocycles. The molecule has 0 fully saturated rings. The quantitative estimate of drug-likeness (QED) is 0.739. The highest BCUT2D eigenvalue weighted by molar-refractivity contribution is 7.97. The second-order valence-corrected chi connectivity index (χ2v) is 6.14. The van der Waals surface area contributed by atoms with Gasteiger partial charge in [-0.1, -0.05) is 25.4 Å². The van der Waals surface area contributed by atoms with Crippen LogP contribution in [0.25, 0.3) is 10.9 Å². The van der Waals surface area contributed by atoms with Crippen molar-refractivity contribution in [3.05, 3.63) is 23.4 Å². The SMILES string of the molecule is CCCN(CCC)Sc1ccc2c(c1)c(Cl)nn2C. The molecule has 2 rings (SSSR count). The molecule has 0 radical (unpaired) electrons. The Morgan fingerprint density at radius 3 is 2.58 bits per heavy atom. The third-order valence-corrected chi connectivity index (χ3v) is 4.32. The molecule has 1 aromatic carbocycles. The van der Waals surface area contributed by atoms with Crippen LogP contribution in [-0.2, 0) is 7.05 Å². The molecule has 0 unspecified atom stereocenters. The van der Waals surface area contributed by atoms with Crippen molar-refractivity contribution in [1.82, 2.24) is 14.1 Å². The molecule has 0 aliphatic heterocycles. The standard InChI is InChI=1S/C14H20ClN3S/c1-4-8-18(9-5-2)19-11-6-7-13-12(10-11)14(15)16-17(13)3/h6-7,10H,4-5,8-9H2,1-3H3. The molecule has 5 heteroatoms. The average Bonchev–Trinajstić information content (AvgIpc) is 2.65. The molecule has 2 aromatic rings. The second-order valence-electron chi connectivity index (χ2n) is 4.61. The van der Waals surface area contributed by atoms with Gasteiger partial charge in [0.25, 0.3) is 0 Å². The number of rotatable bonds is 6. The van der Waals surface area contributed by atoms with Crippen LogP contribution in [-0.4, -0.2) is 27.2 Å². The number of hydrogen-bond donors (Lipinski definition) is 0. The maximum atomic E-state index is 6.15. The van der Waals surface area contributed by atoms with Gasteiger partial charge in [0.2, 0.25) is 0 Å². The third kappa shape index (κ3) is 3.44. The van der Waals surface area contributed by atoms with Crippen LogP contribution < -0.4 is 0 Å². The minimum atomic E-state index is 0.581. The van der Waals surface area contributed by atoms with Crippen molar-refractivity contribution in [3.63, 3.8) is 0 Å². The number of benzene rings is 1. The van der Waals surface area contributed by atoms with Gasteiger partial charge >= 0.3 is 0 Å². The molecule has 19 heavy (non-hydrogen) atoms. The molecule has 0 aliphatic rings. The van der Waals surface area contributed by atoms with E-state index in [1.54, 1.807) is 0 Å². The van der Waals surface area contributed by atoms with Gasteiger partial charge in [-0.2, -0.15) is 5.10 Å². The van der Waals surface area contributed by atoms with Crippen molar-refractivity contribution in [1.29, 1.82) is 0 Å². The van der Waals surface area contributed by atoms with Crippen molar-refractivity contribution in [2.24, 2.45) is 7.05 Å². The third-order valence-electron chi connectivity index (χ3n) is 2.96. The fraction of sp³-hybridized carbons (Fsp3) is 0.500. The predicted octanol–water partition coefficient (Wildman–Crippen LogP) is 4.36. The minimum Gasteiger partial charge on any atom is -0.266 e. The molecular weight excluding hydrogens is 278 g/mol. The Kier molecular flexibility index (Phi) is 5.13. The number of aryl methyl sites for hydroxylation is 1. The zero-order valence-electron chi connectivity index (χ0n) is 11.7. The zero-order chi connectivity index (χ0) is 13.8. The van der Waals surface area contributed by atoms with Gasteiger partial charge in [0.15, 0.2) is 5.15 Å². The number of aromatic nitrogens is 2. The molecule has 1 aromatic heterocycles. The van der Waals surface area contributed by atoms with Crippen molar-refractivity contribution in [3.8, 4) is 0 Å². The molecule has 0 atom stereocenters. The highest BCUT2D eigenvalue weighted by Gasteiger charge is 2.10. The largest absolute Gasteiger partial charge is 0.266 e. The number of halogens is 1. The molecule has 0 N–H and O–H groups in total. The number of hydrogen-bond acceptors (Lipinski definition) is 3. The average molecular weight is 298 g/mol. The van der Waals surface area contributed by atoms with Gasteiger partial charge in [0, 0.05) is 30.4 Å². The van der Waals surface area contributed by atoms with Gasteiger partial charge in [-0.05, 0) is 43.0 Å². The van der Waals surface area contributed by atoms with E-state index in [0.29, 0.717) is 5.15 Å². The van der Waals surface area contributed by atoms with Crippen molar-refractivity contribution in [2.75, 3.05) is 13.1 Å². The Morgan fingerprint density at radius 2 is 1.95 bits per heavy atom. The van der Waals surface area contributed by atoms with Crippen LogP contribution in [0.5, 0.6) is 0 Å². The van der Waals surface area contributed by atoms with E-state index in [-0.39, 0.29) is 0 Å². The lowest BCUT2D eigenvalue weighted by Crippen LogP contribution is -2.17. The summed E-state index contributed by atoms with van der Waals surface area (Å²) in [5, 5.41) is 5.85. The summed E-state index contributed by atoms with van der Waals surface area (Å²) in [6.07, 6.45) is 2.34. The van der Waals surface area contributed by atoms with Crippen LogP contribution in [0.15, 0.2) is 23.1 Å². The molecule has 1 heterocycles. The fourth-order valence-electron chi connectivity index (χ4n) is 2.11. The molecule has 0 spiro atoms. The number of fused-ring (bicyclic) bond motifs is 1. The summed E-state index contributed by atoms with van der Waals surface area (Å²) in [7, 11) is 1.92. The van der Waals surface area contributed by atoms with E-state index in [9.17, 15) is 0 Å². The van der Waals surface area contributed by atoms with E-state index in [4.69, 9.17) is 11.6 Å². The highest BCUT2D eigenvalue weighted by atomic mass is 35.5. The topological polar surface area (TPSA) is 21.1 Å². The first-order chi connectivity index (χ1) is 9.15. The van der Waals surface area contributed by atoms with Crippen molar-refractivity contribution < 1.29 is 0 Å². The summed E-state index contributed by atoms with van der Waals surface area (Å²) in [6, 6.07) is 6.36. The lowest BCUT2D eigenvalue weighted by atomic mass is 10.2. The Labute approximate surface area is 124 Å². The molecule has 104 valence electrons. The van der Waals surface area contributed by atoms with E-state index in [0.717, 1.165) is 24.0 Å². The Balaban J connectivity index is 2.22. The normalized spacial score (nSPS) is 11.6. The van der Waals surface area contributed by atoms with E-state index < -0.39 is 0 Å². The smallest absolute Gasteiger partial charge is 0.158 e. The Bertz CT molecular complexity index is 547. The first kappa shape index (κ1) is 14.7. The zero-order valence-corrected chi connectivity index (χ0v) is 13.3. The van der Waals surface area contributed by atoms with Gasteiger partial charge in [0.1, 0.15) is 0 Å². The van der Waals surface area contributed by atoms with Gasteiger partial charge in [-0.3, -0.25) is 4.68 Å². The number of nitrogens with zero attached hydrogens (tertiary/aromatic N) is 3. The molecule has 0 amide bonds. The van der Waals surface area contributed by atoms with Crippen molar-refractivity contribution >= 4 is 34.5 Å². The van der Waals surface area contributed by atoms with Crippen LogP contribution in [0.3, 0.4) is 0 Å². The lowest BCUT2D eigenvalue weighted by molar-refractivity contribution is 0.467. The van der Waals surface area contributed by atoms with E-state index in [1.165, 1.54) is 17.7 Å². The first-order valence-electron chi connectivity index (χ1n) is 6.70. The Morgan fingerprint density at radius 1 is 1.26 bits per heavy atom. The molecule has 0 bridgehead atoms. The second kappa shape index (κ2) is 6.64. The van der Waals surface area contributed by atoms with Crippen LogP contribution >= 0.6 is 23.5 Å². The summed E-state index contributed by atoms with van der Waals surface area (Å²) in [5.41, 5.74) is 1.08. The molecule has 3 nitrogen and oxygen atoms in total. The summed E-state index contributed by atoms with van der Waals surface area (Å²) < 4.78 is 4.23. The van der Waals surface area contributed by atoms with Crippen LogP contribution in [0, 0.1) is 0 Å². The fourth-order valence-corrected chi connectivity index (χ4v) is 3.52. The van der Waals surface area contributed by atoms with Gasteiger partial charge in [-0.25, -0.2) is 4.31 Å². The lowest BCUT2D eigenvalue weighted by Gasteiger charge is -2.19. The first-order valence-corrected chi connectivity index (χ1v) is 7.86. The van der Waals surface area contributed by atoms with Crippen LogP contribution in [0.4, 0.5) is 0 Å². The minimum absolute atomic E-state index is 0.581. The van der Waals surface area contributed by atoms with Crippen molar-refractivity contribution in [2.45, 2.75) is 31.6 Å². The summed E-state index contributed by atoms with van der Waals surface area (Å²) in [6.45, 7) is 6.64. The summed E-state index contributed by atoms with van der Waals surface area (Å²) in [5.74, 6) is 0. The molecule has 0 aliphatic carbocycles. The van der Waals surface area contributed by atoms with Crippen LogP contribution in [0.2, 0.25) is 5.15 Å². The van der Waals surface area contributed by atoms with Crippen LogP contribution in [0.1, 0.15) is 26.7 Å².